The van der Waals surface area contributed by atoms with E-state index in [9.17, 15) is 9.18 Å². The molecular weight excluding hydrogens is 231 g/mol. The molecule has 0 saturated carbocycles. The number of nitrogens with one attached hydrogen (secondary N) is 1. The van der Waals surface area contributed by atoms with Gasteiger partial charge in [0.2, 0.25) is 5.91 Å². The smallest absolute Gasteiger partial charge is 0.242 e. The number of nitrogens with two attached hydrogens (primary N) is 1. The molecule has 0 saturated heterocycles. The molecule has 0 aromatic heterocycles. The summed E-state index contributed by atoms with van der Waals surface area (Å²) in [5.74, 6) is -0.270. The lowest BCUT2D eigenvalue weighted by Gasteiger charge is -2.29. The third-order valence-corrected chi connectivity index (χ3v) is 3.56. The van der Waals surface area contributed by atoms with Gasteiger partial charge in [-0.05, 0) is 42.5 Å². The van der Waals surface area contributed by atoms with Crippen LogP contribution in [-0.2, 0) is 16.8 Å². The third kappa shape index (κ3) is 2.01. The highest BCUT2D eigenvalue weighted by atomic mass is 19.1. The Balaban J connectivity index is 2.41. The molecule has 1 aliphatic carbocycles. The molecule has 1 amide bonds. The standard InChI is InChI=1S/C14H19FN2O/c1-9(2)8-17-14(13(16)18)7-6-10-11(14)4-3-5-12(10)15/h3-5,9,17H,6-8H2,1-2H3,(H2,16,18). The van der Waals surface area contributed by atoms with Crippen molar-refractivity contribution in [3.8, 4) is 0 Å². The number of halogens is 1. The summed E-state index contributed by atoms with van der Waals surface area (Å²) in [5, 5.41) is 3.24. The molecule has 98 valence electrons. The maximum absolute atomic E-state index is 13.7. The second kappa shape index (κ2) is 4.69. The van der Waals surface area contributed by atoms with E-state index in [1.54, 1.807) is 12.1 Å². The van der Waals surface area contributed by atoms with Crippen LogP contribution in [0.1, 0.15) is 31.4 Å². The van der Waals surface area contributed by atoms with Gasteiger partial charge in [0.1, 0.15) is 11.4 Å². The molecule has 0 spiro atoms. The molecule has 0 heterocycles. The lowest BCUT2D eigenvalue weighted by Crippen LogP contribution is -2.52. The van der Waals surface area contributed by atoms with Crippen LogP contribution < -0.4 is 11.1 Å². The van der Waals surface area contributed by atoms with Gasteiger partial charge in [0.15, 0.2) is 0 Å². The molecule has 0 fully saturated rings. The summed E-state index contributed by atoms with van der Waals surface area (Å²) >= 11 is 0. The minimum Gasteiger partial charge on any atom is -0.368 e. The van der Waals surface area contributed by atoms with Crippen molar-refractivity contribution in [3.05, 3.63) is 35.1 Å². The van der Waals surface area contributed by atoms with Gasteiger partial charge in [-0.2, -0.15) is 0 Å². The highest BCUT2D eigenvalue weighted by molar-refractivity contribution is 5.87. The van der Waals surface area contributed by atoms with Crippen LogP contribution in [0.5, 0.6) is 0 Å². The lowest BCUT2D eigenvalue weighted by atomic mass is 9.90. The van der Waals surface area contributed by atoms with Crippen LogP contribution in [0.15, 0.2) is 18.2 Å². The van der Waals surface area contributed by atoms with Crippen molar-refractivity contribution in [2.75, 3.05) is 6.54 Å². The van der Waals surface area contributed by atoms with Gasteiger partial charge in [0.25, 0.3) is 0 Å². The molecule has 1 aliphatic rings. The number of hydrogen-bond acceptors (Lipinski definition) is 2. The second-order valence-electron chi connectivity index (χ2n) is 5.31. The summed E-state index contributed by atoms with van der Waals surface area (Å²) in [6.07, 6.45) is 1.08. The van der Waals surface area contributed by atoms with Gasteiger partial charge in [-0.3, -0.25) is 10.1 Å². The van der Waals surface area contributed by atoms with E-state index in [4.69, 9.17) is 5.73 Å². The Kier molecular flexibility index (Phi) is 3.39. The number of primary amides is 1. The third-order valence-electron chi connectivity index (χ3n) is 3.56. The maximum Gasteiger partial charge on any atom is 0.242 e. The van der Waals surface area contributed by atoms with Gasteiger partial charge in [-0.15, -0.1) is 0 Å². The van der Waals surface area contributed by atoms with Gasteiger partial charge >= 0.3 is 0 Å². The fourth-order valence-corrected chi connectivity index (χ4v) is 2.56. The van der Waals surface area contributed by atoms with Crippen LogP contribution in [0.2, 0.25) is 0 Å². The molecule has 2 rings (SSSR count). The zero-order valence-corrected chi connectivity index (χ0v) is 10.8. The largest absolute Gasteiger partial charge is 0.368 e. The summed E-state index contributed by atoms with van der Waals surface area (Å²) < 4.78 is 13.7. The van der Waals surface area contributed by atoms with E-state index in [1.807, 2.05) is 0 Å². The molecule has 1 aromatic rings. The summed E-state index contributed by atoms with van der Waals surface area (Å²) in [7, 11) is 0. The van der Waals surface area contributed by atoms with Crippen molar-refractivity contribution in [1.82, 2.24) is 5.32 Å². The summed E-state index contributed by atoms with van der Waals surface area (Å²) in [6, 6.07) is 4.86. The van der Waals surface area contributed by atoms with Crippen molar-refractivity contribution in [1.29, 1.82) is 0 Å². The first-order valence-corrected chi connectivity index (χ1v) is 6.30. The van der Waals surface area contributed by atoms with Gasteiger partial charge in [-0.1, -0.05) is 26.0 Å². The van der Waals surface area contributed by atoms with E-state index in [1.165, 1.54) is 6.07 Å². The van der Waals surface area contributed by atoms with E-state index in [-0.39, 0.29) is 5.82 Å². The highest BCUT2D eigenvalue weighted by Crippen LogP contribution is 2.38. The van der Waals surface area contributed by atoms with Gasteiger partial charge in [0.05, 0.1) is 0 Å². The first kappa shape index (κ1) is 13.0. The first-order chi connectivity index (χ1) is 8.47. The van der Waals surface area contributed by atoms with E-state index in [2.05, 4.69) is 19.2 Å². The topological polar surface area (TPSA) is 55.1 Å². The zero-order valence-electron chi connectivity index (χ0n) is 10.8. The second-order valence-corrected chi connectivity index (χ2v) is 5.31. The normalized spacial score (nSPS) is 22.2. The fourth-order valence-electron chi connectivity index (χ4n) is 2.56. The van der Waals surface area contributed by atoms with Crippen molar-refractivity contribution >= 4 is 5.91 Å². The van der Waals surface area contributed by atoms with Crippen molar-refractivity contribution in [3.63, 3.8) is 0 Å². The van der Waals surface area contributed by atoms with E-state index in [0.717, 1.165) is 0 Å². The molecule has 3 nitrogen and oxygen atoms in total. The minimum absolute atomic E-state index is 0.248. The molecule has 18 heavy (non-hydrogen) atoms. The average molecular weight is 250 g/mol. The molecule has 0 bridgehead atoms. The Labute approximate surface area is 107 Å². The van der Waals surface area contributed by atoms with Crippen LogP contribution in [0.25, 0.3) is 0 Å². The predicted octanol–water partition coefficient (Wildman–Crippen LogP) is 1.70. The van der Waals surface area contributed by atoms with Crippen LogP contribution in [-0.4, -0.2) is 12.5 Å². The van der Waals surface area contributed by atoms with E-state index >= 15 is 0 Å². The number of rotatable bonds is 4. The van der Waals surface area contributed by atoms with Gasteiger partial charge < -0.3 is 5.73 Å². The van der Waals surface area contributed by atoms with Crippen LogP contribution >= 0.6 is 0 Å². The average Bonchev–Trinajstić information content (AvgIpc) is 2.68. The van der Waals surface area contributed by atoms with Crippen molar-refractivity contribution in [2.45, 2.75) is 32.2 Å². The zero-order chi connectivity index (χ0) is 13.3. The summed E-state index contributed by atoms with van der Waals surface area (Å²) in [5.41, 5.74) is 5.98. The van der Waals surface area contributed by atoms with Crippen LogP contribution in [0, 0.1) is 11.7 Å². The Morgan fingerprint density at radius 2 is 2.28 bits per heavy atom. The fraction of sp³-hybridized carbons (Fsp3) is 0.500. The molecule has 4 heteroatoms. The quantitative estimate of drug-likeness (QED) is 0.854. The van der Waals surface area contributed by atoms with Crippen LogP contribution in [0.3, 0.4) is 0 Å². The summed E-state index contributed by atoms with van der Waals surface area (Å²) in [6.45, 7) is 4.80. The van der Waals surface area contributed by atoms with E-state index in [0.29, 0.717) is 36.4 Å². The molecule has 3 N–H and O–H groups in total. The van der Waals surface area contributed by atoms with E-state index < -0.39 is 11.4 Å². The Bertz CT molecular complexity index is 473. The lowest BCUT2D eigenvalue weighted by molar-refractivity contribution is -0.124. The molecule has 0 aliphatic heterocycles. The molecular formula is C14H19FN2O. The number of benzene rings is 1. The monoisotopic (exact) mass is 250 g/mol. The number of hydrogen-bond donors (Lipinski definition) is 2. The Morgan fingerprint density at radius 1 is 1.56 bits per heavy atom. The number of carbonyl (C=O) groups is 1. The minimum atomic E-state index is -0.901. The highest BCUT2D eigenvalue weighted by Gasteiger charge is 2.44. The number of amides is 1. The number of fused-ring (bicyclic) bond motifs is 1. The molecule has 1 unspecified atom stereocenters. The van der Waals surface area contributed by atoms with Gasteiger partial charge in [-0.25, -0.2) is 4.39 Å². The van der Waals surface area contributed by atoms with Gasteiger partial charge in [0, 0.05) is 0 Å². The van der Waals surface area contributed by atoms with Crippen molar-refractivity contribution < 1.29 is 9.18 Å². The van der Waals surface area contributed by atoms with Crippen LogP contribution in [0.4, 0.5) is 4.39 Å². The first-order valence-electron chi connectivity index (χ1n) is 6.30. The number of carbonyl (C=O) groups excluding carboxylic acids is 1. The maximum atomic E-state index is 13.7. The SMILES string of the molecule is CC(C)CNC1(C(N)=O)CCc2c(F)cccc21. The molecule has 1 atom stereocenters. The summed E-state index contributed by atoms with van der Waals surface area (Å²) in [4.78, 5) is 11.8. The Morgan fingerprint density at radius 3 is 2.89 bits per heavy atom. The predicted molar refractivity (Wildman–Crippen MR) is 68.4 cm³/mol. The molecule has 1 aromatic carbocycles. The molecule has 0 radical (unpaired) electrons. The van der Waals surface area contributed by atoms with Crippen molar-refractivity contribution in [2.24, 2.45) is 11.7 Å². The Hall–Kier alpha value is -1.42.